The van der Waals surface area contributed by atoms with Crippen molar-refractivity contribution < 1.29 is 4.79 Å². The third-order valence-corrected chi connectivity index (χ3v) is 4.96. The number of rotatable bonds is 5. The number of carbonyl (C=O) groups excluding carboxylic acids is 1. The normalized spacial score (nSPS) is 19.3. The lowest BCUT2D eigenvalue weighted by atomic mass is 10.1. The molecular formula is C17H28N4O. The fourth-order valence-corrected chi connectivity index (χ4v) is 3.74. The minimum absolute atomic E-state index is 0.340. The second-order valence-corrected chi connectivity index (χ2v) is 6.94. The molecule has 22 heavy (non-hydrogen) atoms. The fourth-order valence-electron chi connectivity index (χ4n) is 3.74. The van der Waals surface area contributed by atoms with Crippen LogP contribution in [0.1, 0.15) is 56.2 Å². The summed E-state index contributed by atoms with van der Waals surface area (Å²) in [6.45, 7) is 9.43. The van der Waals surface area contributed by atoms with Gasteiger partial charge >= 0.3 is 0 Å². The summed E-state index contributed by atoms with van der Waals surface area (Å²) in [7, 11) is 2.15. The molecule has 1 aromatic heterocycles. The van der Waals surface area contributed by atoms with E-state index in [0.29, 0.717) is 11.8 Å². The third kappa shape index (κ3) is 3.05. The molecule has 0 bridgehead atoms. The van der Waals surface area contributed by atoms with Crippen LogP contribution in [0.4, 0.5) is 0 Å². The van der Waals surface area contributed by atoms with E-state index in [1.54, 1.807) is 0 Å². The molecule has 0 radical (unpaired) electrons. The second kappa shape index (κ2) is 6.41. The van der Waals surface area contributed by atoms with Gasteiger partial charge < -0.3 is 9.47 Å². The number of carbonyl (C=O) groups is 1. The van der Waals surface area contributed by atoms with Crippen LogP contribution in [-0.4, -0.2) is 51.4 Å². The molecule has 3 heterocycles. The van der Waals surface area contributed by atoms with Crippen molar-refractivity contribution in [2.24, 2.45) is 7.05 Å². The molecule has 0 N–H and O–H groups in total. The standard InChI is InChI=1S/C17H28N4O/c1-13(2)17-18-14-12-20(11-7-15(14)19(17)3)8-5-10-21-9-4-6-16(21)22/h13H,4-12H2,1-3H3. The lowest BCUT2D eigenvalue weighted by Gasteiger charge is -2.27. The van der Waals surface area contributed by atoms with Crippen LogP contribution in [0.5, 0.6) is 0 Å². The highest BCUT2D eigenvalue weighted by molar-refractivity contribution is 5.77. The number of hydrogen-bond acceptors (Lipinski definition) is 3. The van der Waals surface area contributed by atoms with Crippen LogP contribution in [0.25, 0.3) is 0 Å². The van der Waals surface area contributed by atoms with Crippen molar-refractivity contribution in [2.75, 3.05) is 26.2 Å². The number of imidazole rings is 1. The first kappa shape index (κ1) is 15.5. The Labute approximate surface area is 133 Å². The summed E-state index contributed by atoms with van der Waals surface area (Å²) in [5, 5.41) is 0. The second-order valence-electron chi connectivity index (χ2n) is 6.94. The van der Waals surface area contributed by atoms with Crippen LogP contribution < -0.4 is 0 Å². The number of aromatic nitrogens is 2. The van der Waals surface area contributed by atoms with Crippen LogP contribution >= 0.6 is 0 Å². The van der Waals surface area contributed by atoms with Crippen molar-refractivity contribution in [1.82, 2.24) is 19.4 Å². The van der Waals surface area contributed by atoms with Gasteiger partial charge in [-0.25, -0.2) is 4.98 Å². The molecule has 1 amide bonds. The smallest absolute Gasteiger partial charge is 0.222 e. The predicted molar refractivity (Wildman–Crippen MR) is 86.7 cm³/mol. The molecule has 0 aliphatic carbocycles. The van der Waals surface area contributed by atoms with E-state index in [9.17, 15) is 4.79 Å². The van der Waals surface area contributed by atoms with E-state index in [4.69, 9.17) is 4.98 Å². The number of hydrogen-bond donors (Lipinski definition) is 0. The Kier molecular flexibility index (Phi) is 4.52. The highest BCUT2D eigenvalue weighted by Gasteiger charge is 2.24. The van der Waals surface area contributed by atoms with E-state index in [2.05, 4.69) is 30.4 Å². The first-order valence-electron chi connectivity index (χ1n) is 8.60. The molecule has 5 nitrogen and oxygen atoms in total. The Balaban J connectivity index is 1.53. The van der Waals surface area contributed by atoms with Gasteiger partial charge in [0.05, 0.1) is 5.69 Å². The van der Waals surface area contributed by atoms with Crippen molar-refractivity contribution >= 4 is 5.91 Å². The minimum atomic E-state index is 0.340. The Morgan fingerprint density at radius 2 is 2.00 bits per heavy atom. The number of amides is 1. The fraction of sp³-hybridized carbons (Fsp3) is 0.765. The van der Waals surface area contributed by atoms with Crippen LogP contribution in [0.2, 0.25) is 0 Å². The zero-order valence-corrected chi connectivity index (χ0v) is 14.1. The molecule has 5 heteroatoms. The molecule has 2 aliphatic rings. The van der Waals surface area contributed by atoms with E-state index in [1.807, 2.05) is 4.90 Å². The molecule has 1 saturated heterocycles. The van der Waals surface area contributed by atoms with Gasteiger partial charge in [-0.2, -0.15) is 0 Å². The summed E-state index contributed by atoms with van der Waals surface area (Å²) in [5.41, 5.74) is 2.67. The van der Waals surface area contributed by atoms with Crippen LogP contribution in [0.15, 0.2) is 0 Å². The van der Waals surface area contributed by atoms with Gasteiger partial charge in [-0.1, -0.05) is 13.8 Å². The van der Waals surface area contributed by atoms with Gasteiger partial charge in [0.2, 0.25) is 5.91 Å². The van der Waals surface area contributed by atoms with Crippen molar-refractivity contribution in [1.29, 1.82) is 0 Å². The number of likely N-dealkylation sites (tertiary alicyclic amines) is 1. The molecule has 3 rings (SSSR count). The molecule has 2 aliphatic heterocycles. The summed E-state index contributed by atoms with van der Waals surface area (Å²) in [6.07, 6.45) is 3.95. The van der Waals surface area contributed by atoms with Gasteiger partial charge in [0.1, 0.15) is 5.82 Å². The van der Waals surface area contributed by atoms with Crippen molar-refractivity contribution in [3.63, 3.8) is 0 Å². The van der Waals surface area contributed by atoms with E-state index in [1.165, 1.54) is 17.2 Å². The maximum Gasteiger partial charge on any atom is 0.222 e. The highest BCUT2D eigenvalue weighted by atomic mass is 16.2. The minimum Gasteiger partial charge on any atom is -0.343 e. The lowest BCUT2D eigenvalue weighted by molar-refractivity contribution is -0.127. The maximum atomic E-state index is 11.6. The van der Waals surface area contributed by atoms with Gasteiger partial charge in [0.25, 0.3) is 0 Å². The molecule has 122 valence electrons. The van der Waals surface area contributed by atoms with Gasteiger partial charge in [0.15, 0.2) is 0 Å². The first-order chi connectivity index (χ1) is 10.6. The van der Waals surface area contributed by atoms with Gasteiger partial charge in [-0.15, -0.1) is 0 Å². The molecule has 0 unspecified atom stereocenters. The molecule has 0 saturated carbocycles. The van der Waals surface area contributed by atoms with Crippen molar-refractivity contribution in [3.8, 4) is 0 Å². The predicted octanol–water partition coefficient (Wildman–Crippen LogP) is 1.91. The van der Waals surface area contributed by atoms with Gasteiger partial charge in [-0.3, -0.25) is 9.69 Å². The monoisotopic (exact) mass is 304 g/mol. The molecule has 1 aromatic rings. The van der Waals surface area contributed by atoms with Gasteiger partial charge in [-0.05, 0) is 12.8 Å². The summed E-state index contributed by atoms with van der Waals surface area (Å²) in [6, 6.07) is 0. The summed E-state index contributed by atoms with van der Waals surface area (Å²) in [4.78, 5) is 21.0. The summed E-state index contributed by atoms with van der Waals surface area (Å²) >= 11 is 0. The van der Waals surface area contributed by atoms with Crippen LogP contribution in [-0.2, 0) is 24.8 Å². The topological polar surface area (TPSA) is 41.4 Å². The molecule has 0 aromatic carbocycles. The van der Waals surface area contributed by atoms with Crippen molar-refractivity contribution in [2.45, 2.75) is 52.0 Å². The first-order valence-corrected chi connectivity index (χ1v) is 8.60. The molecule has 1 fully saturated rings. The maximum absolute atomic E-state index is 11.6. The van der Waals surface area contributed by atoms with E-state index in [0.717, 1.165) is 58.4 Å². The Morgan fingerprint density at radius 3 is 2.68 bits per heavy atom. The highest BCUT2D eigenvalue weighted by Crippen LogP contribution is 2.23. The van der Waals surface area contributed by atoms with E-state index in [-0.39, 0.29) is 0 Å². The third-order valence-electron chi connectivity index (χ3n) is 4.96. The van der Waals surface area contributed by atoms with E-state index < -0.39 is 0 Å². The Hall–Kier alpha value is -1.36. The zero-order valence-electron chi connectivity index (χ0n) is 14.1. The Morgan fingerprint density at radius 1 is 1.18 bits per heavy atom. The number of fused-ring (bicyclic) bond motifs is 1. The average Bonchev–Trinajstić information content (AvgIpc) is 3.03. The SMILES string of the molecule is CC(C)c1nc2c(n1C)CCN(CCCN1CCCC1=O)C2. The summed E-state index contributed by atoms with van der Waals surface area (Å²) in [5.74, 6) is 2.02. The quantitative estimate of drug-likeness (QED) is 0.834. The molecular weight excluding hydrogens is 276 g/mol. The van der Waals surface area contributed by atoms with Crippen LogP contribution in [0.3, 0.4) is 0 Å². The zero-order chi connectivity index (χ0) is 15.7. The molecule has 0 spiro atoms. The number of nitrogens with zero attached hydrogens (tertiary/aromatic N) is 4. The lowest BCUT2D eigenvalue weighted by Crippen LogP contribution is -2.34. The Bertz CT molecular complexity index is 549. The average molecular weight is 304 g/mol. The van der Waals surface area contributed by atoms with Crippen LogP contribution in [0, 0.1) is 0 Å². The largest absolute Gasteiger partial charge is 0.343 e. The van der Waals surface area contributed by atoms with Gasteiger partial charge in [0, 0.05) is 64.2 Å². The van der Waals surface area contributed by atoms with E-state index >= 15 is 0 Å². The summed E-state index contributed by atoms with van der Waals surface area (Å²) < 4.78 is 2.29. The van der Waals surface area contributed by atoms with Crippen molar-refractivity contribution in [3.05, 3.63) is 17.2 Å². The molecule has 0 atom stereocenters.